The molecule has 2 aliphatic carbocycles. The van der Waals surface area contributed by atoms with Gasteiger partial charge < -0.3 is 45.5 Å². The van der Waals surface area contributed by atoms with Crippen LogP contribution in [0.1, 0.15) is 84.5 Å². The number of allylic oxidation sites excluding steroid dienone is 1. The summed E-state index contributed by atoms with van der Waals surface area (Å²) in [6, 6.07) is 5.17. The number of rotatable bonds is 11. The molecule has 0 spiro atoms. The van der Waals surface area contributed by atoms with E-state index in [1.165, 1.54) is 16.2 Å². The lowest BCUT2D eigenvalue weighted by Crippen LogP contribution is -2.56. The Morgan fingerprint density at radius 1 is 1.05 bits per heavy atom. The Morgan fingerprint density at radius 2 is 1.85 bits per heavy atom. The molecule has 16 nitrogen and oxygen atoms in total. The van der Waals surface area contributed by atoms with E-state index in [1.807, 2.05) is 37.4 Å². The van der Waals surface area contributed by atoms with Crippen molar-refractivity contribution in [2.24, 2.45) is 11.8 Å². The Balaban J connectivity index is 1.22. The SMILES string of the molecule is CNC(=O)CC1CC/C=C\[C@@H]2C[C@@]2(C(=O)O)NC(=O)[C@@H]2C[C@@H](Oc3cc(-c4csc(NC(C)C)n4)nc4cc(OC)ccc34)CN2C(=O)[C@@H](NC(=O)OC2CCCC2)CC1. The average Bonchev–Trinajstić information content (AvgIpc) is 3.65. The number of ether oxygens (including phenoxy) is 3. The Labute approximate surface area is 353 Å². The molecule has 6 atom stereocenters. The van der Waals surface area contributed by atoms with Crippen molar-refractivity contribution in [2.45, 2.75) is 120 Å². The van der Waals surface area contributed by atoms with Crippen LogP contribution >= 0.6 is 11.3 Å². The molecule has 3 fully saturated rings. The second-order valence-corrected chi connectivity index (χ2v) is 17.5. The van der Waals surface area contributed by atoms with Crippen LogP contribution in [0.25, 0.3) is 22.3 Å². The van der Waals surface area contributed by atoms with Crippen molar-refractivity contribution in [1.29, 1.82) is 0 Å². The molecule has 1 unspecified atom stereocenters. The summed E-state index contributed by atoms with van der Waals surface area (Å²) in [4.78, 5) is 78.9. The average molecular weight is 846 g/mol. The van der Waals surface area contributed by atoms with Crippen molar-refractivity contribution in [3.8, 4) is 22.9 Å². The number of carbonyl (C=O) groups is 5. The van der Waals surface area contributed by atoms with Crippen LogP contribution in [0.4, 0.5) is 9.93 Å². The van der Waals surface area contributed by atoms with E-state index >= 15 is 0 Å². The molecule has 5 N–H and O–H groups in total. The highest BCUT2D eigenvalue weighted by Gasteiger charge is 2.61. The van der Waals surface area contributed by atoms with E-state index in [0.717, 1.165) is 30.8 Å². The summed E-state index contributed by atoms with van der Waals surface area (Å²) >= 11 is 1.45. The van der Waals surface area contributed by atoms with E-state index in [0.29, 0.717) is 53.1 Å². The van der Waals surface area contributed by atoms with Gasteiger partial charge in [0.2, 0.25) is 17.7 Å². The molecule has 60 heavy (non-hydrogen) atoms. The van der Waals surface area contributed by atoms with Crippen LogP contribution in [0.3, 0.4) is 0 Å². The third-order valence-corrected chi connectivity index (χ3v) is 12.7. The van der Waals surface area contributed by atoms with Gasteiger partial charge in [-0.1, -0.05) is 12.2 Å². The van der Waals surface area contributed by atoms with Crippen LogP contribution < -0.4 is 30.7 Å². The number of benzene rings is 1. The van der Waals surface area contributed by atoms with Crippen LogP contribution in [0, 0.1) is 11.8 Å². The van der Waals surface area contributed by atoms with Gasteiger partial charge in [-0.15, -0.1) is 11.3 Å². The fourth-order valence-electron chi connectivity index (χ4n) is 8.56. The van der Waals surface area contributed by atoms with Crippen molar-refractivity contribution < 1.29 is 43.3 Å². The number of aliphatic carboxylic acids is 1. The number of anilines is 1. The number of amides is 4. The first kappa shape index (κ1) is 42.7. The summed E-state index contributed by atoms with van der Waals surface area (Å²) in [5, 5.41) is 25.3. The molecule has 3 aromatic rings. The van der Waals surface area contributed by atoms with Crippen LogP contribution in [-0.4, -0.2) is 106 Å². The van der Waals surface area contributed by atoms with Crippen molar-refractivity contribution >= 4 is 57.2 Å². The Bertz CT molecular complexity index is 2120. The highest BCUT2D eigenvalue weighted by atomic mass is 32.1. The molecule has 1 aromatic carbocycles. The third-order valence-electron chi connectivity index (χ3n) is 11.9. The largest absolute Gasteiger partial charge is 0.497 e. The van der Waals surface area contributed by atoms with Gasteiger partial charge in [0.25, 0.3) is 0 Å². The number of methoxy groups -OCH3 is 1. The van der Waals surface area contributed by atoms with Crippen LogP contribution in [0.15, 0.2) is 41.8 Å². The number of pyridine rings is 1. The van der Waals surface area contributed by atoms with Crippen molar-refractivity contribution in [2.75, 3.05) is 26.0 Å². The Kier molecular flexibility index (Phi) is 13.1. The van der Waals surface area contributed by atoms with E-state index in [9.17, 15) is 29.1 Å². The molecule has 4 heterocycles. The number of aromatic nitrogens is 2. The van der Waals surface area contributed by atoms with Gasteiger partial charge in [0, 0.05) is 54.7 Å². The molecule has 0 bridgehead atoms. The molecule has 4 aliphatic rings. The molecule has 2 aromatic heterocycles. The highest BCUT2D eigenvalue weighted by molar-refractivity contribution is 7.14. The lowest BCUT2D eigenvalue weighted by atomic mass is 9.91. The number of carbonyl (C=O) groups excluding carboxylic acids is 4. The number of nitrogens with zero attached hydrogens (tertiary/aromatic N) is 3. The number of fused-ring (bicyclic) bond motifs is 3. The number of carboxylic acids is 1. The summed E-state index contributed by atoms with van der Waals surface area (Å²) in [7, 11) is 3.14. The maximum atomic E-state index is 14.8. The lowest BCUT2D eigenvalue weighted by Gasteiger charge is -2.30. The quantitative estimate of drug-likeness (QED) is 0.153. The summed E-state index contributed by atoms with van der Waals surface area (Å²) < 4.78 is 18.0. The number of nitrogens with one attached hydrogen (secondary N) is 4. The lowest BCUT2D eigenvalue weighted by molar-refractivity contribution is -0.145. The molecular formula is C43H55N7O9S. The first-order valence-electron chi connectivity index (χ1n) is 20.9. The topological polar surface area (TPSA) is 210 Å². The van der Waals surface area contributed by atoms with E-state index < -0.39 is 53.5 Å². The molecule has 322 valence electrons. The fraction of sp³-hybridized carbons (Fsp3) is 0.558. The minimum absolute atomic E-state index is 0.0354. The fourth-order valence-corrected chi connectivity index (χ4v) is 9.41. The Hall–Kier alpha value is -5.45. The van der Waals surface area contributed by atoms with E-state index in [4.69, 9.17) is 24.2 Å². The molecule has 7 rings (SSSR count). The second kappa shape index (κ2) is 18.4. The molecule has 1 saturated heterocycles. The second-order valence-electron chi connectivity index (χ2n) is 16.6. The standard InChI is InChI=1S/C43H55N7O9S/c1-24(2)45-41-47-34(23-60-41)33-20-36(30-15-14-28(57-4)18-32(30)46-33)58-29-19-35-38(52)49-43(40(54)55)21-26(43)10-6-5-9-25(17-37(51)44-3)13-16-31(39(53)50(35)22-29)48-42(56)59-27-11-7-8-12-27/h6,10,14-15,18,20,23-27,29,31,35H,5,7-9,11-13,16-17,19,21-22H2,1-4H3,(H,44,51)(H,45,47)(H,48,56)(H,49,52)(H,54,55)/b10-6-/t25?,26-,29-,31+,35+,43-/m1/s1. The number of thiazole rings is 1. The molecular weight excluding hydrogens is 791 g/mol. The number of alkyl carbamates (subject to hydrolysis) is 1. The van der Waals surface area contributed by atoms with Gasteiger partial charge in [0.05, 0.1) is 24.9 Å². The predicted molar refractivity (Wildman–Crippen MR) is 225 cm³/mol. The summed E-state index contributed by atoms with van der Waals surface area (Å²) in [5.41, 5.74) is 0.236. The van der Waals surface area contributed by atoms with Gasteiger partial charge in [-0.3, -0.25) is 14.4 Å². The van der Waals surface area contributed by atoms with Gasteiger partial charge in [-0.2, -0.15) is 0 Å². The van der Waals surface area contributed by atoms with Crippen LogP contribution in [0.5, 0.6) is 11.5 Å². The maximum Gasteiger partial charge on any atom is 0.408 e. The van der Waals surface area contributed by atoms with Gasteiger partial charge in [-0.05, 0) is 89.7 Å². The zero-order chi connectivity index (χ0) is 42.6. The molecule has 17 heteroatoms. The summed E-state index contributed by atoms with van der Waals surface area (Å²) in [5.74, 6) is -1.99. The van der Waals surface area contributed by atoms with E-state index in [-0.39, 0.29) is 56.2 Å². The van der Waals surface area contributed by atoms with Crippen LogP contribution in [0.2, 0.25) is 0 Å². The summed E-state index contributed by atoms with van der Waals surface area (Å²) in [6.07, 6.45) is 7.64. The molecule has 0 radical (unpaired) electrons. The van der Waals surface area contributed by atoms with Crippen molar-refractivity contribution in [3.63, 3.8) is 0 Å². The Morgan fingerprint density at radius 3 is 2.58 bits per heavy atom. The van der Waals surface area contributed by atoms with Crippen molar-refractivity contribution in [1.82, 2.24) is 30.8 Å². The first-order chi connectivity index (χ1) is 28.8. The monoisotopic (exact) mass is 845 g/mol. The molecule has 2 saturated carbocycles. The van der Waals surface area contributed by atoms with Gasteiger partial charge >= 0.3 is 12.1 Å². The van der Waals surface area contributed by atoms with Crippen LogP contribution in [-0.2, 0) is 23.9 Å². The predicted octanol–water partition coefficient (Wildman–Crippen LogP) is 5.41. The first-order valence-corrected chi connectivity index (χ1v) is 21.8. The van der Waals surface area contributed by atoms with E-state index in [2.05, 4.69) is 21.3 Å². The number of hydrogen-bond acceptors (Lipinski definition) is 12. The zero-order valence-electron chi connectivity index (χ0n) is 34.5. The van der Waals surface area contributed by atoms with Gasteiger partial charge in [0.15, 0.2) is 5.13 Å². The van der Waals surface area contributed by atoms with Gasteiger partial charge in [-0.25, -0.2) is 19.6 Å². The highest BCUT2D eigenvalue weighted by Crippen LogP contribution is 2.46. The smallest absolute Gasteiger partial charge is 0.408 e. The normalized spacial score (nSPS) is 26.6. The maximum absolute atomic E-state index is 14.8. The molecule has 4 amide bonds. The van der Waals surface area contributed by atoms with Gasteiger partial charge in [0.1, 0.15) is 47.0 Å². The number of hydrogen-bond donors (Lipinski definition) is 5. The third kappa shape index (κ3) is 9.77. The van der Waals surface area contributed by atoms with Crippen molar-refractivity contribution in [3.05, 3.63) is 41.8 Å². The zero-order valence-corrected chi connectivity index (χ0v) is 35.3. The minimum atomic E-state index is -1.53. The van der Waals surface area contributed by atoms with E-state index in [1.54, 1.807) is 32.4 Å². The minimum Gasteiger partial charge on any atom is -0.497 e. The number of carboxylic acid groups (broad SMARTS) is 1. The molecule has 2 aliphatic heterocycles. The summed E-state index contributed by atoms with van der Waals surface area (Å²) in [6.45, 7) is 4.02.